The van der Waals surface area contributed by atoms with Gasteiger partial charge in [-0.1, -0.05) is 23.7 Å². The van der Waals surface area contributed by atoms with Crippen LogP contribution < -0.4 is 11.5 Å². The van der Waals surface area contributed by atoms with Gasteiger partial charge in [-0.05, 0) is 17.7 Å². The van der Waals surface area contributed by atoms with E-state index in [4.69, 9.17) is 23.1 Å². The first-order chi connectivity index (χ1) is 13.1. The fraction of sp³-hybridized carbons (Fsp3) is 0.353. The van der Waals surface area contributed by atoms with E-state index in [1.807, 2.05) is 18.2 Å². The topological polar surface area (TPSA) is 123 Å². The van der Waals surface area contributed by atoms with Gasteiger partial charge in [-0.25, -0.2) is 4.98 Å². The zero-order valence-electron chi connectivity index (χ0n) is 14.7. The number of halogens is 1. The van der Waals surface area contributed by atoms with Crippen LogP contribution >= 0.6 is 11.6 Å². The monoisotopic (exact) mass is 385 g/mol. The molecule has 0 atom stereocenters. The minimum atomic E-state index is 0.0691. The van der Waals surface area contributed by atoms with E-state index in [9.17, 15) is 0 Å². The molecule has 3 heterocycles. The zero-order chi connectivity index (χ0) is 18.8. The number of aromatic nitrogens is 5. The highest BCUT2D eigenvalue weighted by Crippen LogP contribution is 2.16. The van der Waals surface area contributed by atoms with Crippen molar-refractivity contribution in [3.8, 4) is 0 Å². The van der Waals surface area contributed by atoms with Crippen LogP contribution in [0.5, 0.6) is 0 Å². The predicted octanol–water partition coefficient (Wildman–Crippen LogP) is 0.950. The molecule has 0 amide bonds. The summed E-state index contributed by atoms with van der Waals surface area (Å²) in [5.74, 6) is 0.894. The first kappa shape index (κ1) is 17.8. The molecule has 1 aliphatic rings. The Balaban J connectivity index is 1.37. The van der Waals surface area contributed by atoms with Gasteiger partial charge in [-0.3, -0.25) is 9.80 Å². The van der Waals surface area contributed by atoms with Crippen LogP contribution in [0, 0.1) is 0 Å². The Morgan fingerprint density at radius 1 is 0.926 bits per heavy atom. The van der Waals surface area contributed by atoms with Gasteiger partial charge in [-0.2, -0.15) is 9.97 Å². The number of fused-ring (bicyclic) bond motifs is 1. The minimum absolute atomic E-state index is 0.0691. The molecule has 10 heteroatoms. The first-order valence-electron chi connectivity index (χ1n) is 8.68. The van der Waals surface area contributed by atoms with E-state index >= 15 is 0 Å². The van der Waals surface area contributed by atoms with Gasteiger partial charge in [0.05, 0.1) is 6.54 Å². The van der Waals surface area contributed by atoms with Crippen molar-refractivity contribution < 1.29 is 0 Å². The number of rotatable bonds is 4. The zero-order valence-corrected chi connectivity index (χ0v) is 15.5. The average Bonchev–Trinajstić information content (AvgIpc) is 2.64. The maximum absolute atomic E-state index is 6.07. The molecule has 0 saturated carbocycles. The highest BCUT2D eigenvalue weighted by Gasteiger charge is 2.19. The van der Waals surface area contributed by atoms with E-state index < -0.39 is 0 Å². The Kier molecular flexibility index (Phi) is 4.97. The molecule has 0 unspecified atom stereocenters. The van der Waals surface area contributed by atoms with Crippen molar-refractivity contribution in [3.63, 3.8) is 0 Å². The van der Waals surface area contributed by atoms with Crippen LogP contribution in [0.2, 0.25) is 5.02 Å². The number of anilines is 2. The summed E-state index contributed by atoms with van der Waals surface area (Å²) in [7, 11) is 0. The van der Waals surface area contributed by atoms with Crippen LogP contribution in [0.4, 0.5) is 11.8 Å². The Labute approximate surface area is 161 Å². The molecule has 0 radical (unpaired) electrons. The lowest BCUT2D eigenvalue weighted by molar-refractivity contribution is 0.119. The molecule has 4 N–H and O–H groups in total. The van der Waals surface area contributed by atoms with Crippen molar-refractivity contribution in [1.82, 2.24) is 34.9 Å². The lowest BCUT2D eigenvalue weighted by atomic mass is 10.2. The third-order valence-corrected chi connectivity index (χ3v) is 4.77. The van der Waals surface area contributed by atoms with Crippen molar-refractivity contribution in [2.24, 2.45) is 0 Å². The van der Waals surface area contributed by atoms with Gasteiger partial charge in [0.2, 0.25) is 11.6 Å². The molecule has 2 aromatic heterocycles. The van der Waals surface area contributed by atoms with Crippen LogP contribution in [0.25, 0.3) is 11.2 Å². The molecular weight excluding hydrogens is 366 g/mol. The number of piperazine rings is 1. The van der Waals surface area contributed by atoms with E-state index in [2.05, 4.69) is 41.0 Å². The summed E-state index contributed by atoms with van der Waals surface area (Å²) >= 11 is 6.07. The summed E-state index contributed by atoms with van der Waals surface area (Å²) in [5, 5.41) is 9.00. The molecular formula is C17H20ClN9. The first-order valence-corrected chi connectivity index (χ1v) is 9.06. The minimum Gasteiger partial charge on any atom is -0.382 e. The molecule has 4 rings (SSSR count). The lowest BCUT2D eigenvalue weighted by Crippen LogP contribution is -2.45. The number of nitrogen functional groups attached to an aromatic ring is 2. The van der Waals surface area contributed by atoms with Crippen LogP contribution in [0.1, 0.15) is 11.4 Å². The molecule has 1 aromatic carbocycles. The van der Waals surface area contributed by atoms with Crippen LogP contribution in [0.3, 0.4) is 0 Å². The summed E-state index contributed by atoms with van der Waals surface area (Å²) in [5.41, 5.74) is 13.4. The lowest BCUT2D eigenvalue weighted by Gasteiger charge is -2.34. The van der Waals surface area contributed by atoms with Gasteiger partial charge in [-0.15, -0.1) is 10.2 Å². The molecule has 140 valence electrons. The Morgan fingerprint density at radius 3 is 2.41 bits per heavy atom. The number of hydrogen-bond donors (Lipinski definition) is 2. The molecule has 1 saturated heterocycles. The van der Waals surface area contributed by atoms with Crippen molar-refractivity contribution >= 4 is 34.5 Å². The van der Waals surface area contributed by atoms with Crippen molar-refractivity contribution in [3.05, 3.63) is 40.7 Å². The maximum Gasteiger partial charge on any atom is 0.224 e. The largest absolute Gasteiger partial charge is 0.382 e. The maximum atomic E-state index is 6.07. The Morgan fingerprint density at radius 2 is 1.67 bits per heavy atom. The van der Waals surface area contributed by atoms with Crippen molar-refractivity contribution in [2.45, 2.75) is 13.1 Å². The smallest absolute Gasteiger partial charge is 0.224 e. The van der Waals surface area contributed by atoms with Gasteiger partial charge < -0.3 is 11.5 Å². The molecule has 3 aromatic rings. The standard InChI is InChI=1S/C17H20ClN9/c18-12-3-1-2-11(8-12)9-26-4-6-27(7-5-26)10-13-21-14-15(19)22-17(20)23-16(14)25-24-13/h1-3,8H,4-7,9-10H2,(H4,19,20,22,23,25). The SMILES string of the molecule is Nc1nc(N)c2nc(CN3CCN(Cc4cccc(Cl)c4)CC3)nnc2n1. The van der Waals surface area contributed by atoms with E-state index in [-0.39, 0.29) is 11.8 Å². The third kappa shape index (κ3) is 4.21. The Bertz CT molecular complexity index is 956. The predicted molar refractivity (Wildman–Crippen MR) is 104 cm³/mol. The van der Waals surface area contributed by atoms with E-state index in [0.717, 1.165) is 37.7 Å². The van der Waals surface area contributed by atoms with Crippen molar-refractivity contribution in [1.29, 1.82) is 0 Å². The van der Waals surface area contributed by atoms with E-state index in [1.165, 1.54) is 5.56 Å². The summed E-state index contributed by atoms with van der Waals surface area (Å²) in [6.45, 7) is 5.30. The van der Waals surface area contributed by atoms with Gasteiger partial charge >= 0.3 is 0 Å². The fourth-order valence-electron chi connectivity index (χ4n) is 3.18. The highest BCUT2D eigenvalue weighted by molar-refractivity contribution is 6.30. The second-order valence-electron chi connectivity index (χ2n) is 6.55. The van der Waals surface area contributed by atoms with Crippen LogP contribution in [0.15, 0.2) is 24.3 Å². The van der Waals surface area contributed by atoms with Gasteiger partial charge in [0.25, 0.3) is 0 Å². The molecule has 0 bridgehead atoms. The highest BCUT2D eigenvalue weighted by atomic mass is 35.5. The van der Waals surface area contributed by atoms with Crippen LogP contribution in [-0.2, 0) is 13.1 Å². The molecule has 0 spiro atoms. The number of nitrogens with two attached hydrogens (primary N) is 2. The summed E-state index contributed by atoms with van der Waals surface area (Å²) in [6, 6.07) is 8.00. The molecule has 1 fully saturated rings. The second-order valence-corrected chi connectivity index (χ2v) is 6.99. The van der Waals surface area contributed by atoms with E-state index in [0.29, 0.717) is 23.5 Å². The third-order valence-electron chi connectivity index (χ3n) is 4.54. The summed E-state index contributed by atoms with van der Waals surface area (Å²) < 4.78 is 0. The average molecular weight is 386 g/mol. The number of nitrogens with zero attached hydrogens (tertiary/aromatic N) is 7. The molecule has 0 aliphatic carbocycles. The molecule has 27 heavy (non-hydrogen) atoms. The number of hydrogen-bond acceptors (Lipinski definition) is 9. The molecule has 1 aliphatic heterocycles. The van der Waals surface area contributed by atoms with Gasteiger partial charge in [0.1, 0.15) is 0 Å². The summed E-state index contributed by atoms with van der Waals surface area (Å²) in [6.07, 6.45) is 0. The van der Waals surface area contributed by atoms with Crippen LogP contribution in [-0.4, -0.2) is 61.1 Å². The van der Waals surface area contributed by atoms with Gasteiger partial charge in [0, 0.05) is 37.7 Å². The van der Waals surface area contributed by atoms with Crippen molar-refractivity contribution in [2.75, 3.05) is 37.6 Å². The quantitative estimate of drug-likeness (QED) is 0.675. The molecule has 9 nitrogen and oxygen atoms in total. The number of benzene rings is 1. The normalized spacial score (nSPS) is 16.0. The Hall–Kier alpha value is -2.62. The van der Waals surface area contributed by atoms with Gasteiger partial charge in [0.15, 0.2) is 17.2 Å². The second kappa shape index (κ2) is 7.55. The summed E-state index contributed by atoms with van der Waals surface area (Å²) in [4.78, 5) is 17.1. The fourth-order valence-corrected chi connectivity index (χ4v) is 3.39. The van der Waals surface area contributed by atoms with E-state index in [1.54, 1.807) is 0 Å².